The number of hydrogen-bond donors (Lipinski definition) is 1. The van der Waals surface area contributed by atoms with E-state index in [1.54, 1.807) is 0 Å². The van der Waals surface area contributed by atoms with E-state index in [-0.39, 0.29) is 12.2 Å². The van der Waals surface area contributed by atoms with Crippen LogP contribution in [0.25, 0.3) is 0 Å². The molecule has 0 aliphatic carbocycles. The molecule has 22 heavy (non-hydrogen) atoms. The Morgan fingerprint density at radius 1 is 1.18 bits per heavy atom. The lowest BCUT2D eigenvalue weighted by Gasteiger charge is -2.14. The number of para-hydroxylation sites is 1. The zero-order valence-electron chi connectivity index (χ0n) is 11.0. The first-order valence-corrected chi connectivity index (χ1v) is 6.89. The van der Waals surface area contributed by atoms with Crippen molar-refractivity contribution in [2.24, 2.45) is 0 Å². The fraction of sp³-hybridized carbons (Fsp3) is 0.143. The van der Waals surface area contributed by atoms with E-state index in [0.717, 1.165) is 16.7 Å². The molecule has 0 fully saturated rings. The SMILES string of the molecule is O=C(Cn1cc(Br)ccc1=O)Nc1ccccc1C(F)(F)F. The molecule has 1 aromatic carbocycles. The Bertz CT molecular complexity index is 756. The van der Waals surface area contributed by atoms with Crippen LogP contribution in [0.2, 0.25) is 0 Å². The number of aromatic nitrogens is 1. The largest absolute Gasteiger partial charge is 0.418 e. The van der Waals surface area contributed by atoms with Gasteiger partial charge in [0.2, 0.25) is 5.91 Å². The summed E-state index contributed by atoms with van der Waals surface area (Å²) in [5, 5.41) is 2.18. The van der Waals surface area contributed by atoms with Gasteiger partial charge in [-0.15, -0.1) is 0 Å². The van der Waals surface area contributed by atoms with Crippen LogP contribution >= 0.6 is 15.9 Å². The number of benzene rings is 1. The lowest BCUT2D eigenvalue weighted by Crippen LogP contribution is -2.27. The Morgan fingerprint density at radius 2 is 1.86 bits per heavy atom. The number of amides is 1. The van der Waals surface area contributed by atoms with Crippen molar-refractivity contribution in [3.8, 4) is 0 Å². The highest BCUT2D eigenvalue weighted by atomic mass is 79.9. The second-order valence-corrected chi connectivity index (χ2v) is 5.32. The molecule has 116 valence electrons. The Morgan fingerprint density at radius 3 is 2.55 bits per heavy atom. The second kappa shape index (κ2) is 6.35. The molecule has 0 bridgehead atoms. The zero-order chi connectivity index (χ0) is 16.3. The van der Waals surface area contributed by atoms with Crippen LogP contribution < -0.4 is 10.9 Å². The Kier molecular flexibility index (Phi) is 4.70. The summed E-state index contributed by atoms with van der Waals surface area (Å²) in [5.41, 5.74) is -1.71. The molecule has 1 N–H and O–H groups in total. The lowest BCUT2D eigenvalue weighted by atomic mass is 10.1. The number of halogens is 4. The lowest BCUT2D eigenvalue weighted by molar-refractivity contribution is -0.137. The van der Waals surface area contributed by atoms with Gasteiger partial charge in [-0.3, -0.25) is 9.59 Å². The third-order valence-electron chi connectivity index (χ3n) is 2.77. The predicted molar refractivity (Wildman–Crippen MR) is 78.5 cm³/mol. The number of alkyl halides is 3. The molecule has 0 unspecified atom stereocenters. The molecule has 1 aromatic heterocycles. The highest BCUT2D eigenvalue weighted by Gasteiger charge is 2.33. The first kappa shape index (κ1) is 16.3. The van der Waals surface area contributed by atoms with E-state index < -0.39 is 23.2 Å². The smallest absolute Gasteiger partial charge is 0.324 e. The maximum Gasteiger partial charge on any atom is 0.418 e. The number of pyridine rings is 1. The molecule has 4 nitrogen and oxygen atoms in total. The van der Waals surface area contributed by atoms with Gasteiger partial charge in [0.15, 0.2) is 0 Å². The average Bonchev–Trinajstić information content (AvgIpc) is 2.42. The second-order valence-electron chi connectivity index (χ2n) is 4.40. The van der Waals surface area contributed by atoms with Crippen LogP contribution in [0.1, 0.15) is 5.56 Å². The van der Waals surface area contributed by atoms with Crippen molar-refractivity contribution in [2.75, 3.05) is 5.32 Å². The maximum atomic E-state index is 12.8. The van der Waals surface area contributed by atoms with E-state index in [9.17, 15) is 22.8 Å². The van der Waals surface area contributed by atoms with Crippen LogP contribution in [0.4, 0.5) is 18.9 Å². The van der Waals surface area contributed by atoms with Gasteiger partial charge >= 0.3 is 6.18 Å². The van der Waals surface area contributed by atoms with Gasteiger partial charge in [0, 0.05) is 16.7 Å². The van der Waals surface area contributed by atoms with Gasteiger partial charge in [0.05, 0.1) is 11.3 Å². The minimum atomic E-state index is -4.57. The summed E-state index contributed by atoms with van der Waals surface area (Å²) < 4.78 is 40.2. The summed E-state index contributed by atoms with van der Waals surface area (Å²) in [6.07, 6.45) is -3.19. The average molecular weight is 375 g/mol. The molecular weight excluding hydrogens is 365 g/mol. The number of nitrogens with zero attached hydrogens (tertiary/aromatic N) is 1. The zero-order valence-corrected chi connectivity index (χ0v) is 12.6. The highest BCUT2D eigenvalue weighted by Crippen LogP contribution is 2.34. The van der Waals surface area contributed by atoms with E-state index in [4.69, 9.17) is 0 Å². The topological polar surface area (TPSA) is 51.1 Å². The Labute approximate surface area is 131 Å². The molecule has 0 spiro atoms. The van der Waals surface area contributed by atoms with E-state index in [0.29, 0.717) is 4.47 Å². The van der Waals surface area contributed by atoms with Crippen LogP contribution in [0.15, 0.2) is 51.9 Å². The van der Waals surface area contributed by atoms with Crippen molar-refractivity contribution in [1.29, 1.82) is 0 Å². The normalized spacial score (nSPS) is 11.3. The molecule has 2 rings (SSSR count). The minimum Gasteiger partial charge on any atom is -0.324 e. The van der Waals surface area contributed by atoms with Crippen molar-refractivity contribution >= 4 is 27.5 Å². The van der Waals surface area contributed by atoms with Gasteiger partial charge in [-0.25, -0.2) is 0 Å². The quantitative estimate of drug-likeness (QED) is 0.896. The summed E-state index contributed by atoms with van der Waals surface area (Å²) in [5.74, 6) is -0.725. The van der Waals surface area contributed by atoms with Crippen molar-refractivity contribution < 1.29 is 18.0 Å². The van der Waals surface area contributed by atoms with E-state index in [1.165, 1.54) is 30.5 Å². The third kappa shape index (κ3) is 3.97. The molecule has 0 aliphatic rings. The van der Waals surface area contributed by atoms with Crippen molar-refractivity contribution in [2.45, 2.75) is 12.7 Å². The fourth-order valence-corrected chi connectivity index (χ4v) is 2.19. The molecule has 0 atom stereocenters. The monoisotopic (exact) mass is 374 g/mol. The van der Waals surface area contributed by atoms with Crippen molar-refractivity contribution in [3.63, 3.8) is 0 Å². The molecule has 0 aliphatic heterocycles. The van der Waals surface area contributed by atoms with Crippen LogP contribution in [0.3, 0.4) is 0 Å². The number of carbonyl (C=O) groups excluding carboxylic acids is 1. The van der Waals surface area contributed by atoms with E-state index in [2.05, 4.69) is 21.2 Å². The number of nitrogens with one attached hydrogen (secondary N) is 1. The van der Waals surface area contributed by atoms with Crippen LogP contribution in [-0.2, 0) is 17.5 Å². The van der Waals surface area contributed by atoms with Gasteiger partial charge in [0.25, 0.3) is 5.56 Å². The standard InChI is InChI=1S/C14H10BrF3N2O2/c15-9-5-6-13(22)20(7-9)8-12(21)19-11-4-2-1-3-10(11)14(16,17)18/h1-7H,8H2,(H,19,21). The van der Waals surface area contributed by atoms with Gasteiger partial charge in [-0.2, -0.15) is 13.2 Å². The summed E-state index contributed by atoms with van der Waals surface area (Å²) in [4.78, 5) is 23.4. The van der Waals surface area contributed by atoms with Crippen LogP contribution in [-0.4, -0.2) is 10.5 Å². The van der Waals surface area contributed by atoms with Gasteiger partial charge in [-0.1, -0.05) is 12.1 Å². The number of carbonyl (C=O) groups is 1. The first-order valence-electron chi connectivity index (χ1n) is 6.09. The fourth-order valence-electron chi connectivity index (χ4n) is 1.81. The molecular formula is C14H10BrF3N2O2. The molecule has 1 heterocycles. The minimum absolute atomic E-state index is 0.344. The predicted octanol–water partition coefficient (Wildman–Crippen LogP) is 3.27. The van der Waals surface area contributed by atoms with Crippen molar-refractivity contribution in [1.82, 2.24) is 4.57 Å². The molecule has 1 amide bonds. The number of anilines is 1. The number of hydrogen-bond acceptors (Lipinski definition) is 2. The van der Waals surface area contributed by atoms with Crippen LogP contribution in [0.5, 0.6) is 0 Å². The molecule has 0 radical (unpaired) electrons. The summed E-state index contributed by atoms with van der Waals surface area (Å²) in [6.45, 7) is -0.384. The summed E-state index contributed by atoms with van der Waals surface area (Å²) >= 11 is 3.15. The van der Waals surface area contributed by atoms with Crippen molar-refractivity contribution in [3.05, 3.63) is 63.0 Å². The molecule has 8 heteroatoms. The third-order valence-corrected chi connectivity index (χ3v) is 3.24. The maximum absolute atomic E-state index is 12.8. The Balaban J connectivity index is 2.20. The summed E-state index contributed by atoms with van der Waals surface area (Å²) in [6, 6.07) is 7.41. The number of rotatable bonds is 3. The molecule has 0 saturated carbocycles. The van der Waals surface area contributed by atoms with Gasteiger partial charge in [-0.05, 0) is 34.1 Å². The molecule has 2 aromatic rings. The Hall–Kier alpha value is -2.09. The van der Waals surface area contributed by atoms with Gasteiger partial charge in [0.1, 0.15) is 6.54 Å². The highest BCUT2D eigenvalue weighted by molar-refractivity contribution is 9.10. The van der Waals surface area contributed by atoms with Gasteiger partial charge < -0.3 is 9.88 Å². The first-order chi connectivity index (χ1) is 10.3. The van der Waals surface area contributed by atoms with E-state index in [1.807, 2.05) is 0 Å². The molecule has 0 saturated heterocycles. The summed E-state index contributed by atoms with van der Waals surface area (Å²) in [7, 11) is 0. The van der Waals surface area contributed by atoms with Crippen LogP contribution in [0, 0.1) is 0 Å². The van der Waals surface area contributed by atoms with E-state index >= 15 is 0 Å².